The van der Waals surface area contributed by atoms with E-state index in [1.807, 2.05) is 6.92 Å². The molecule has 0 radical (unpaired) electrons. The number of hydrogen-bond acceptors (Lipinski definition) is 4. The maximum absolute atomic E-state index is 12.2. The zero-order chi connectivity index (χ0) is 14.8. The molecule has 20 heavy (non-hydrogen) atoms. The highest BCUT2D eigenvalue weighted by Crippen LogP contribution is 2.31. The number of rotatable bonds is 6. The molecule has 1 saturated carbocycles. The number of hydrogen-bond donors (Lipinski definition) is 2. The van der Waals surface area contributed by atoms with E-state index in [0.717, 1.165) is 6.42 Å². The van der Waals surface area contributed by atoms with Gasteiger partial charge in [0.1, 0.15) is 6.04 Å². The van der Waals surface area contributed by atoms with Crippen LogP contribution in [0.2, 0.25) is 0 Å². The second-order valence-electron chi connectivity index (χ2n) is 5.88. The van der Waals surface area contributed by atoms with Crippen LogP contribution < -0.4 is 5.32 Å². The Morgan fingerprint density at radius 1 is 1.40 bits per heavy atom. The second kappa shape index (κ2) is 5.99. The summed E-state index contributed by atoms with van der Waals surface area (Å²) in [5.74, 6) is -0.191. The van der Waals surface area contributed by atoms with Crippen LogP contribution in [-0.4, -0.2) is 54.2 Å². The van der Waals surface area contributed by atoms with Crippen molar-refractivity contribution in [1.29, 1.82) is 0 Å². The third-order valence-corrected chi connectivity index (χ3v) is 6.28. The summed E-state index contributed by atoms with van der Waals surface area (Å²) in [4.78, 5) is 12.2. The molecule has 0 spiro atoms. The van der Waals surface area contributed by atoms with Crippen LogP contribution in [0.5, 0.6) is 0 Å². The minimum Gasteiger partial charge on any atom is -0.388 e. The van der Waals surface area contributed by atoms with Gasteiger partial charge in [0.2, 0.25) is 15.9 Å². The third kappa shape index (κ3) is 3.32. The Hall–Kier alpha value is -0.660. The van der Waals surface area contributed by atoms with E-state index in [9.17, 15) is 18.3 Å². The van der Waals surface area contributed by atoms with Gasteiger partial charge in [0.05, 0.1) is 11.4 Å². The number of nitrogens with one attached hydrogen (secondary N) is 1. The lowest BCUT2D eigenvalue weighted by Gasteiger charge is -2.37. The minimum absolute atomic E-state index is 0.0840. The van der Waals surface area contributed by atoms with Gasteiger partial charge in [-0.1, -0.05) is 6.92 Å². The van der Waals surface area contributed by atoms with E-state index in [1.165, 1.54) is 4.31 Å². The fourth-order valence-electron chi connectivity index (χ4n) is 2.84. The van der Waals surface area contributed by atoms with E-state index in [-0.39, 0.29) is 18.2 Å². The average molecular weight is 304 g/mol. The zero-order valence-electron chi connectivity index (χ0n) is 12.0. The fourth-order valence-corrected chi connectivity index (χ4v) is 4.59. The number of amides is 1. The van der Waals surface area contributed by atoms with Gasteiger partial charge in [-0.15, -0.1) is 0 Å². The molecule has 1 amide bonds. The van der Waals surface area contributed by atoms with E-state index in [4.69, 9.17) is 0 Å². The number of carbonyl (C=O) groups is 1. The highest BCUT2D eigenvalue weighted by atomic mass is 32.2. The Bertz CT molecular complexity index is 459. The standard InChI is InChI=1S/C13H24N2O4S/c1-2-9-20(18,19)15-8-3-5-11(15)12(16)14-10-13(17)6-4-7-13/h11,17H,2-10H2,1H3,(H,14,16). The van der Waals surface area contributed by atoms with Crippen molar-refractivity contribution in [2.24, 2.45) is 0 Å². The lowest BCUT2D eigenvalue weighted by Crippen LogP contribution is -2.52. The molecule has 2 fully saturated rings. The van der Waals surface area contributed by atoms with Crippen molar-refractivity contribution >= 4 is 15.9 Å². The predicted molar refractivity (Wildman–Crippen MR) is 75.6 cm³/mol. The summed E-state index contributed by atoms with van der Waals surface area (Å²) in [6.45, 7) is 2.46. The van der Waals surface area contributed by atoms with Crippen LogP contribution in [0.1, 0.15) is 45.4 Å². The molecule has 116 valence electrons. The SMILES string of the molecule is CCCS(=O)(=O)N1CCCC1C(=O)NCC1(O)CCC1. The van der Waals surface area contributed by atoms with Gasteiger partial charge in [-0.2, -0.15) is 4.31 Å². The van der Waals surface area contributed by atoms with Gasteiger partial charge in [-0.3, -0.25) is 4.79 Å². The molecular formula is C13H24N2O4S. The normalized spacial score (nSPS) is 26.2. The van der Waals surface area contributed by atoms with E-state index in [2.05, 4.69) is 5.32 Å². The van der Waals surface area contributed by atoms with Crippen LogP contribution in [0.15, 0.2) is 0 Å². The lowest BCUT2D eigenvalue weighted by molar-refractivity contribution is -0.126. The molecule has 1 unspecified atom stereocenters. The van der Waals surface area contributed by atoms with Gasteiger partial charge in [-0.05, 0) is 38.5 Å². The maximum Gasteiger partial charge on any atom is 0.238 e. The van der Waals surface area contributed by atoms with Crippen molar-refractivity contribution in [3.8, 4) is 0 Å². The Kier molecular flexibility index (Phi) is 4.71. The van der Waals surface area contributed by atoms with Gasteiger partial charge in [0, 0.05) is 13.1 Å². The monoisotopic (exact) mass is 304 g/mol. The summed E-state index contributed by atoms with van der Waals surface area (Å²) in [6.07, 6.45) is 4.21. The summed E-state index contributed by atoms with van der Waals surface area (Å²) >= 11 is 0. The van der Waals surface area contributed by atoms with Crippen molar-refractivity contribution in [2.75, 3.05) is 18.8 Å². The van der Waals surface area contributed by atoms with Gasteiger partial charge in [0.25, 0.3) is 0 Å². The molecule has 0 aromatic heterocycles. The first-order valence-corrected chi connectivity index (χ1v) is 8.98. The zero-order valence-corrected chi connectivity index (χ0v) is 12.8. The average Bonchev–Trinajstić information content (AvgIpc) is 2.83. The molecule has 1 aliphatic heterocycles. The lowest BCUT2D eigenvalue weighted by atomic mass is 9.80. The van der Waals surface area contributed by atoms with Gasteiger partial charge >= 0.3 is 0 Å². The molecular weight excluding hydrogens is 280 g/mol. The Balaban J connectivity index is 1.94. The predicted octanol–water partition coefficient (Wildman–Crippen LogP) is 0.222. The molecule has 0 bridgehead atoms. The molecule has 1 aliphatic carbocycles. The van der Waals surface area contributed by atoms with E-state index < -0.39 is 21.7 Å². The van der Waals surface area contributed by atoms with Crippen molar-refractivity contribution in [3.05, 3.63) is 0 Å². The highest BCUT2D eigenvalue weighted by Gasteiger charge is 2.40. The highest BCUT2D eigenvalue weighted by molar-refractivity contribution is 7.89. The van der Waals surface area contributed by atoms with Crippen molar-refractivity contribution in [1.82, 2.24) is 9.62 Å². The van der Waals surface area contributed by atoms with Crippen LogP contribution in [-0.2, 0) is 14.8 Å². The molecule has 1 heterocycles. The molecule has 2 rings (SSSR count). The quantitative estimate of drug-likeness (QED) is 0.735. The smallest absolute Gasteiger partial charge is 0.238 e. The second-order valence-corrected chi connectivity index (χ2v) is 7.92. The van der Waals surface area contributed by atoms with Gasteiger partial charge in [-0.25, -0.2) is 8.42 Å². The Morgan fingerprint density at radius 2 is 2.10 bits per heavy atom. The summed E-state index contributed by atoms with van der Waals surface area (Å²) in [7, 11) is -3.34. The fraction of sp³-hybridized carbons (Fsp3) is 0.923. The topological polar surface area (TPSA) is 86.7 Å². The summed E-state index contributed by atoms with van der Waals surface area (Å²) < 4.78 is 25.6. The molecule has 2 aliphatic rings. The molecule has 7 heteroatoms. The van der Waals surface area contributed by atoms with Crippen molar-refractivity contribution < 1.29 is 18.3 Å². The Morgan fingerprint density at radius 3 is 2.65 bits per heavy atom. The van der Waals surface area contributed by atoms with E-state index in [0.29, 0.717) is 38.6 Å². The first-order valence-electron chi connectivity index (χ1n) is 7.37. The Labute approximate surface area is 120 Å². The van der Waals surface area contributed by atoms with Crippen molar-refractivity contribution in [2.45, 2.75) is 57.1 Å². The molecule has 2 N–H and O–H groups in total. The van der Waals surface area contributed by atoms with Gasteiger partial charge in [0.15, 0.2) is 0 Å². The summed E-state index contributed by atoms with van der Waals surface area (Å²) in [5, 5.41) is 12.7. The van der Waals surface area contributed by atoms with E-state index >= 15 is 0 Å². The van der Waals surface area contributed by atoms with E-state index in [1.54, 1.807) is 0 Å². The number of nitrogens with zero attached hydrogens (tertiary/aromatic N) is 1. The third-order valence-electron chi connectivity index (χ3n) is 4.20. The number of sulfonamides is 1. The summed E-state index contributed by atoms with van der Waals surface area (Å²) in [6, 6.07) is -0.602. The van der Waals surface area contributed by atoms with Gasteiger partial charge < -0.3 is 10.4 Å². The molecule has 1 saturated heterocycles. The summed E-state index contributed by atoms with van der Waals surface area (Å²) in [5.41, 5.74) is -0.776. The van der Waals surface area contributed by atoms with Crippen LogP contribution in [0.4, 0.5) is 0 Å². The maximum atomic E-state index is 12.2. The molecule has 0 aromatic carbocycles. The van der Waals surface area contributed by atoms with Crippen LogP contribution >= 0.6 is 0 Å². The number of aliphatic hydroxyl groups is 1. The van der Waals surface area contributed by atoms with Crippen LogP contribution in [0, 0.1) is 0 Å². The largest absolute Gasteiger partial charge is 0.388 e. The molecule has 6 nitrogen and oxygen atoms in total. The molecule has 1 atom stereocenters. The minimum atomic E-state index is -3.34. The van der Waals surface area contributed by atoms with Crippen molar-refractivity contribution in [3.63, 3.8) is 0 Å². The van der Waals surface area contributed by atoms with Crippen LogP contribution in [0.3, 0.4) is 0 Å². The number of carbonyl (C=O) groups excluding carboxylic acids is 1. The first kappa shape index (κ1) is 15.7. The molecule has 0 aromatic rings. The van der Waals surface area contributed by atoms with Crippen LogP contribution in [0.25, 0.3) is 0 Å². The first-order chi connectivity index (χ1) is 9.38.